The molecule has 0 radical (unpaired) electrons. The van der Waals surface area contributed by atoms with Crippen molar-refractivity contribution in [1.29, 1.82) is 0 Å². The summed E-state index contributed by atoms with van der Waals surface area (Å²) in [4.78, 5) is 39.5. The van der Waals surface area contributed by atoms with Gasteiger partial charge in [0.05, 0.1) is 22.3 Å². The lowest BCUT2D eigenvalue weighted by atomic mass is 10.1. The first-order valence-electron chi connectivity index (χ1n) is 11.5. The van der Waals surface area contributed by atoms with Crippen LogP contribution in [0.5, 0.6) is 0 Å². The number of rotatable bonds is 13. The third-order valence-corrected chi connectivity index (χ3v) is 6.60. The molecular formula is C26H23FN2O10S. The molecule has 0 aromatic heterocycles. The van der Waals surface area contributed by atoms with Gasteiger partial charge in [-0.2, -0.15) is 8.42 Å². The van der Waals surface area contributed by atoms with Crippen LogP contribution in [0.1, 0.15) is 20.7 Å². The van der Waals surface area contributed by atoms with Crippen molar-refractivity contribution in [3.8, 4) is 0 Å². The number of alkyl halides is 1. The van der Waals surface area contributed by atoms with Crippen molar-refractivity contribution in [2.24, 2.45) is 5.16 Å². The maximum Gasteiger partial charge on any atom is 0.338 e. The van der Waals surface area contributed by atoms with E-state index in [1.807, 2.05) is 0 Å². The van der Waals surface area contributed by atoms with Crippen LogP contribution in [0.2, 0.25) is 0 Å². The zero-order valence-corrected chi connectivity index (χ0v) is 21.7. The molecule has 3 aromatic rings. The Bertz CT molecular complexity index is 1450. The maximum atomic E-state index is 15.4. The van der Waals surface area contributed by atoms with Gasteiger partial charge in [-0.3, -0.25) is 14.3 Å². The number of nitrogens with zero attached hydrogens (tertiary/aromatic N) is 2. The van der Waals surface area contributed by atoms with Gasteiger partial charge < -0.3 is 14.3 Å². The second-order valence-electron chi connectivity index (χ2n) is 7.90. The molecule has 0 saturated heterocycles. The number of carbonyl (C=O) groups is 2. The summed E-state index contributed by atoms with van der Waals surface area (Å²) in [6.45, 7) is -0.943. The van der Waals surface area contributed by atoms with Gasteiger partial charge in [0.15, 0.2) is 23.3 Å². The van der Waals surface area contributed by atoms with Crippen LogP contribution in [0.15, 0.2) is 95.0 Å². The highest BCUT2D eigenvalue weighted by Crippen LogP contribution is 2.27. The molecule has 0 aliphatic heterocycles. The molecule has 0 fully saturated rings. The summed E-state index contributed by atoms with van der Waals surface area (Å²) in [5.41, 5.74) is -0.749. The number of carbonyl (C=O) groups excluding carboxylic acids is 2. The zero-order valence-electron chi connectivity index (χ0n) is 20.9. The monoisotopic (exact) mass is 574 g/mol. The topological polar surface area (TPSA) is 161 Å². The van der Waals surface area contributed by atoms with E-state index in [-0.39, 0.29) is 11.1 Å². The summed E-state index contributed by atoms with van der Waals surface area (Å²) in [7, 11) is -3.90. The van der Waals surface area contributed by atoms with E-state index in [2.05, 4.69) is 9.99 Å². The van der Waals surface area contributed by atoms with E-state index in [1.165, 1.54) is 48.5 Å². The van der Waals surface area contributed by atoms with Gasteiger partial charge >= 0.3 is 22.1 Å². The summed E-state index contributed by atoms with van der Waals surface area (Å²) in [6, 6.07) is 19.2. The minimum Gasteiger partial charge on any atom is -0.459 e. The third-order valence-electron chi connectivity index (χ3n) is 5.21. The van der Waals surface area contributed by atoms with Crippen LogP contribution in [0.4, 0.5) is 10.1 Å². The Hall–Kier alpha value is -4.69. The lowest BCUT2D eigenvalue weighted by Crippen LogP contribution is -2.45. The Balaban J connectivity index is 2.01. The summed E-state index contributed by atoms with van der Waals surface area (Å²) in [5, 5.41) is 14.7. The Kier molecular flexibility index (Phi) is 10.4. The van der Waals surface area contributed by atoms with Gasteiger partial charge in [0, 0.05) is 6.07 Å². The number of hydrogen-bond acceptors (Lipinski definition) is 11. The molecule has 12 nitrogen and oxygen atoms in total. The SMILES string of the molecule is CON=CC(F)C(OC(=O)c1ccccc1)C(COC(=O)c1ccccc1)OS(=O)(=O)c1ccccc1[N+](=O)[O-]. The lowest BCUT2D eigenvalue weighted by molar-refractivity contribution is -0.387. The van der Waals surface area contributed by atoms with Gasteiger partial charge in [0.2, 0.25) is 0 Å². The number of oxime groups is 1. The first kappa shape index (κ1) is 29.9. The van der Waals surface area contributed by atoms with Gasteiger partial charge in [-0.1, -0.05) is 53.7 Å². The van der Waals surface area contributed by atoms with Crippen molar-refractivity contribution in [2.75, 3.05) is 13.7 Å². The molecule has 0 aliphatic carbocycles. The highest BCUT2D eigenvalue weighted by atomic mass is 32.2. The first-order chi connectivity index (χ1) is 19.1. The Morgan fingerprint density at radius 2 is 1.50 bits per heavy atom. The molecule has 0 N–H and O–H groups in total. The quantitative estimate of drug-likeness (QED) is 0.0967. The second-order valence-corrected chi connectivity index (χ2v) is 9.44. The summed E-state index contributed by atoms with van der Waals surface area (Å²) in [5.74, 6) is -1.99. The van der Waals surface area contributed by atoms with Crippen molar-refractivity contribution in [2.45, 2.75) is 23.3 Å². The molecule has 3 rings (SSSR count). The molecule has 3 atom stereocenters. The molecule has 0 heterocycles. The molecular weight excluding hydrogens is 551 g/mol. The number of nitro benzene ring substituents is 1. The fourth-order valence-electron chi connectivity index (χ4n) is 3.34. The molecule has 0 saturated carbocycles. The molecule has 0 amide bonds. The predicted octanol–water partition coefficient (Wildman–Crippen LogP) is 3.72. The maximum absolute atomic E-state index is 15.4. The lowest BCUT2D eigenvalue weighted by Gasteiger charge is -2.27. The highest BCUT2D eigenvalue weighted by molar-refractivity contribution is 7.87. The predicted molar refractivity (Wildman–Crippen MR) is 138 cm³/mol. The van der Waals surface area contributed by atoms with E-state index in [0.29, 0.717) is 6.21 Å². The molecule has 0 spiro atoms. The van der Waals surface area contributed by atoms with Crippen LogP contribution < -0.4 is 0 Å². The minimum atomic E-state index is -5.01. The number of para-hydroxylation sites is 1. The highest BCUT2D eigenvalue weighted by Gasteiger charge is 2.40. The average Bonchev–Trinajstić information content (AvgIpc) is 2.97. The van der Waals surface area contributed by atoms with E-state index < -0.39 is 62.5 Å². The van der Waals surface area contributed by atoms with Gasteiger partial charge in [0.25, 0.3) is 5.69 Å². The number of nitro groups is 1. The standard InChI is InChI=1S/C26H23FN2O10S/c1-36-28-16-20(27)24(38-26(31)19-12-6-3-7-13-19)22(17-37-25(30)18-10-4-2-5-11-18)39-40(34,35)23-15-9-8-14-21(23)29(32)33/h2-16,20,22,24H,17H2,1H3. The zero-order chi connectivity index (χ0) is 29.1. The van der Waals surface area contributed by atoms with E-state index in [0.717, 1.165) is 19.2 Å². The molecule has 0 aliphatic rings. The number of ether oxygens (including phenoxy) is 2. The van der Waals surface area contributed by atoms with Crippen LogP contribution in [0.25, 0.3) is 0 Å². The van der Waals surface area contributed by atoms with Gasteiger partial charge in [-0.25, -0.2) is 14.0 Å². The van der Waals surface area contributed by atoms with Crippen LogP contribution in [-0.4, -0.2) is 63.6 Å². The average molecular weight is 575 g/mol. The molecule has 3 unspecified atom stereocenters. The molecule has 14 heteroatoms. The second kappa shape index (κ2) is 13.9. The Labute approximate surface area is 228 Å². The van der Waals surface area contributed by atoms with Crippen LogP contribution in [0, 0.1) is 10.1 Å². The molecule has 0 bridgehead atoms. The van der Waals surface area contributed by atoms with E-state index in [9.17, 15) is 28.1 Å². The first-order valence-corrected chi connectivity index (χ1v) is 12.9. The summed E-state index contributed by atoms with van der Waals surface area (Å²) in [6.07, 6.45) is -5.86. The van der Waals surface area contributed by atoms with E-state index >= 15 is 4.39 Å². The fourth-order valence-corrected chi connectivity index (χ4v) is 4.58. The fraction of sp³-hybridized carbons (Fsp3) is 0.192. The smallest absolute Gasteiger partial charge is 0.338 e. The van der Waals surface area contributed by atoms with Gasteiger partial charge in [0.1, 0.15) is 13.7 Å². The number of hydrogen-bond donors (Lipinski definition) is 0. The van der Waals surface area contributed by atoms with E-state index in [4.69, 9.17) is 13.7 Å². The van der Waals surface area contributed by atoms with Crippen LogP contribution in [-0.2, 0) is 28.6 Å². The molecule has 210 valence electrons. The number of esters is 2. The summed E-state index contributed by atoms with van der Waals surface area (Å²) < 4.78 is 57.4. The van der Waals surface area contributed by atoms with Crippen LogP contribution in [0.3, 0.4) is 0 Å². The van der Waals surface area contributed by atoms with Crippen molar-refractivity contribution >= 4 is 34.0 Å². The summed E-state index contributed by atoms with van der Waals surface area (Å²) >= 11 is 0. The van der Waals surface area contributed by atoms with Crippen molar-refractivity contribution in [3.05, 3.63) is 106 Å². The van der Waals surface area contributed by atoms with Crippen molar-refractivity contribution < 1.29 is 45.8 Å². The third kappa shape index (κ3) is 7.91. The van der Waals surface area contributed by atoms with E-state index in [1.54, 1.807) is 24.3 Å². The van der Waals surface area contributed by atoms with Gasteiger partial charge in [-0.05, 0) is 30.3 Å². The van der Waals surface area contributed by atoms with Crippen molar-refractivity contribution in [3.63, 3.8) is 0 Å². The molecule has 3 aromatic carbocycles. The van der Waals surface area contributed by atoms with Gasteiger partial charge in [-0.15, -0.1) is 0 Å². The van der Waals surface area contributed by atoms with Crippen molar-refractivity contribution in [1.82, 2.24) is 0 Å². The Morgan fingerprint density at radius 3 is 2.08 bits per heavy atom. The molecule has 40 heavy (non-hydrogen) atoms. The number of halogens is 1. The Morgan fingerprint density at radius 1 is 0.950 bits per heavy atom. The largest absolute Gasteiger partial charge is 0.459 e. The number of benzene rings is 3. The van der Waals surface area contributed by atoms with Crippen LogP contribution >= 0.6 is 0 Å². The minimum absolute atomic E-state index is 0.00929. The normalized spacial score (nSPS) is 13.7.